The van der Waals surface area contributed by atoms with Crippen molar-refractivity contribution in [1.82, 2.24) is 10.2 Å². The van der Waals surface area contributed by atoms with E-state index in [0.717, 1.165) is 76.2 Å². The van der Waals surface area contributed by atoms with E-state index in [1.165, 1.54) is 7.11 Å². The van der Waals surface area contributed by atoms with Crippen LogP contribution in [0.5, 0.6) is 5.75 Å². The maximum Gasteiger partial charge on any atom is 0.311 e. The summed E-state index contributed by atoms with van der Waals surface area (Å²) in [6, 6.07) is 4.32. The van der Waals surface area contributed by atoms with Crippen molar-refractivity contribution >= 4 is 11.4 Å². The van der Waals surface area contributed by atoms with Crippen LogP contribution in [0.1, 0.15) is 37.2 Å². The Kier molecular flexibility index (Phi) is 5.00. The smallest absolute Gasteiger partial charge is 0.311 e. The summed E-state index contributed by atoms with van der Waals surface area (Å²) in [5.74, 6) is 0.846. The van der Waals surface area contributed by atoms with Crippen molar-refractivity contribution in [2.75, 3.05) is 51.3 Å². The van der Waals surface area contributed by atoms with E-state index in [0.29, 0.717) is 17.7 Å². The molecule has 1 aromatic carbocycles. The summed E-state index contributed by atoms with van der Waals surface area (Å²) in [6.07, 6.45) is 4.58. The van der Waals surface area contributed by atoms with E-state index in [1.54, 1.807) is 6.07 Å². The number of hydrogen-bond acceptors (Lipinski definition) is 6. The number of nitro benzene ring substituents is 1. The molecular formula is C19H28N4O3. The number of nitrogens with zero attached hydrogens (tertiary/aromatic N) is 3. The molecular weight excluding hydrogens is 332 g/mol. The molecule has 7 nitrogen and oxygen atoms in total. The zero-order valence-corrected chi connectivity index (χ0v) is 15.4. The second kappa shape index (κ2) is 7.40. The molecule has 3 aliphatic rings. The highest BCUT2D eigenvalue weighted by atomic mass is 16.6. The Morgan fingerprint density at radius 1 is 1.12 bits per heavy atom. The number of nitrogens with one attached hydrogen (secondary N) is 1. The topological polar surface area (TPSA) is 70.9 Å². The predicted molar refractivity (Wildman–Crippen MR) is 101 cm³/mol. The Hall–Kier alpha value is -1.86. The minimum atomic E-state index is -0.328. The molecule has 26 heavy (non-hydrogen) atoms. The van der Waals surface area contributed by atoms with Crippen LogP contribution in [0.15, 0.2) is 12.1 Å². The number of methoxy groups -OCH3 is 1. The van der Waals surface area contributed by atoms with Gasteiger partial charge in [-0.15, -0.1) is 0 Å². The highest BCUT2D eigenvalue weighted by molar-refractivity contribution is 5.66. The van der Waals surface area contributed by atoms with Crippen molar-refractivity contribution in [2.24, 2.45) is 0 Å². The monoisotopic (exact) mass is 360 g/mol. The lowest BCUT2D eigenvalue weighted by molar-refractivity contribution is -0.385. The first-order valence-corrected chi connectivity index (χ1v) is 9.73. The van der Waals surface area contributed by atoms with Crippen molar-refractivity contribution < 1.29 is 9.66 Å². The molecule has 0 bridgehead atoms. The second-order valence-electron chi connectivity index (χ2n) is 7.62. The first kappa shape index (κ1) is 17.5. The second-order valence-corrected chi connectivity index (χ2v) is 7.62. The third kappa shape index (κ3) is 3.50. The summed E-state index contributed by atoms with van der Waals surface area (Å²) in [7, 11) is 1.51. The molecule has 1 saturated carbocycles. The third-order valence-corrected chi connectivity index (χ3v) is 6.02. The predicted octanol–water partition coefficient (Wildman–Crippen LogP) is 2.35. The molecule has 7 heteroatoms. The molecule has 0 radical (unpaired) electrons. The highest BCUT2D eigenvalue weighted by Crippen LogP contribution is 2.48. The number of rotatable bonds is 5. The van der Waals surface area contributed by atoms with E-state index in [9.17, 15) is 10.1 Å². The van der Waals surface area contributed by atoms with Gasteiger partial charge in [-0.05, 0) is 37.2 Å². The Morgan fingerprint density at radius 2 is 1.81 bits per heavy atom. The summed E-state index contributed by atoms with van der Waals surface area (Å²) >= 11 is 0. The maximum atomic E-state index is 11.4. The van der Waals surface area contributed by atoms with Crippen molar-refractivity contribution in [3.8, 4) is 5.75 Å². The molecule has 1 aromatic rings. The van der Waals surface area contributed by atoms with E-state index in [4.69, 9.17) is 4.74 Å². The summed E-state index contributed by atoms with van der Waals surface area (Å²) in [5.41, 5.74) is 2.38. The number of piperazine rings is 1. The molecule has 4 rings (SSSR count). The fourth-order valence-electron chi connectivity index (χ4n) is 4.39. The van der Waals surface area contributed by atoms with Gasteiger partial charge in [0.1, 0.15) is 0 Å². The van der Waals surface area contributed by atoms with E-state index in [2.05, 4.69) is 15.1 Å². The third-order valence-electron chi connectivity index (χ3n) is 6.02. The van der Waals surface area contributed by atoms with Crippen molar-refractivity contribution in [2.45, 2.75) is 37.6 Å². The van der Waals surface area contributed by atoms with Gasteiger partial charge in [-0.1, -0.05) is 0 Å². The SMILES string of the molecule is COc1cc(N2CCC(N3CCNCC3)CC2)c(C2CC2)cc1[N+](=O)[O-]. The molecule has 3 fully saturated rings. The maximum absolute atomic E-state index is 11.4. The quantitative estimate of drug-likeness (QED) is 0.642. The summed E-state index contributed by atoms with van der Waals surface area (Å²) in [6.45, 7) is 6.48. The van der Waals surface area contributed by atoms with Gasteiger partial charge in [-0.2, -0.15) is 0 Å². The zero-order chi connectivity index (χ0) is 18.1. The summed E-state index contributed by atoms with van der Waals surface area (Å²) < 4.78 is 5.33. The van der Waals surface area contributed by atoms with E-state index in [-0.39, 0.29) is 10.6 Å². The molecule has 0 unspecified atom stereocenters. The first-order chi connectivity index (χ1) is 12.7. The Morgan fingerprint density at radius 3 is 2.38 bits per heavy atom. The van der Waals surface area contributed by atoms with Gasteiger partial charge in [0, 0.05) is 63.1 Å². The van der Waals surface area contributed by atoms with E-state index >= 15 is 0 Å². The molecule has 2 saturated heterocycles. The highest BCUT2D eigenvalue weighted by Gasteiger charge is 2.33. The number of anilines is 1. The molecule has 1 N–H and O–H groups in total. The lowest BCUT2D eigenvalue weighted by Crippen LogP contribution is -2.52. The number of benzene rings is 1. The number of hydrogen-bond donors (Lipinski definition) is 1. The van der Waals surface area contributed by atoms with Gasteiger partial charge in [0.05, 0.1) is 12.0 Å². The van der Waals surface area contributed by atoms with Gasteiger partial charge < -0.3 is 15.0 Å². The Bertz CT molecular complexity index is 663. The Balaban J connectivity index is 1.53. The molecule has 0 spiro atoms. The molecule has 2 aliphatic heterocycles. The van der Waals surface area contributed by atoms with Crippen LogP contribution in [-0.2, 0) is 0 Å². The van der Waals surface area contributed by atoms with Gasteiger partial charge >= 0.3 is 5.69 Å². The van der Waals surface area contributed by atoms with Crippen LogP contribution in [0.2, 0.25) is 0 Å². The molecule has 1 aliphatic carbocycles. The number of ether oxygens (including phenoxy) is 1. The van der Waals surface area contributed by atoms with Gasteiger partial charge in [0.15, 0.2) is 5.75 Å². The fourth-order valence-corrected chi connectivity index (χ4v) is 4.39. The van der Waals surface area contributed by atoms with Gasteiger partial charge in [-0.3, -0.25) is 15.0 Å². The lowest BCUT2D eigenvalue weighted by Gasteiger charge is -2.41. The van der Waals surface area contributed by atoms with E-state index < -0.39 is 0 Å². The van der Waals surface area contributed by atoms with Gasteiger partial charge in [-0.25, -0.2) is 0 Å². The van der Waals surface area contributed by atoms with Crippen LogP contribution in [0.4, 0.5) is 11.4 Å². The minimum Gasteiger partial charge on any atom is -0.490 e. The number of nitro groups is 1. The lowest BCUT2D eigenvalue weighted by atomic mass is 9.99. The van der Waals surface area contributed by atoms with Crippen LogP contribution in [0, 0.1) is 10.1 Å². The summed E-state index contributed by atoms with van der Waals surface area (Å²) in [5, 5.41) is 14.8. The van der Waals surface area contributed by atoms with Crippen molar-refractivity contribution in [1.29, 1.82) is 0 Å². The molecule has 0 atom stereocenters. The standard InChI is InChI=1S/C19H28N4O3/c1-26-19-13-17(16(14-2-3-14)12-18(19)23(24)25)22-8-4-15(5-9-22)21-10-6-20-7-11-21/h12-15,20H,2-11H2,1H3. The average Bonchev–Trinajstić information content (AvgIpc) is 3.53. The normalized spacial score (nSPS) is 22.4. The fraction of sp³-hybridized carbons (Fsp3) is 0.684. The minimum absolute atomic E-state index is 0.0915. The Labute approximate surface area is 154 Å². The molecule has 2 heterocycles. The average molecular weight is 360 g/mol. The molecule has 0 aromatic heterocycles. The zero-order valence-electron chi connectivity index (χ0n) is 15.4. The largest absolute Gasteiger partial charge is 0.490 e. The van der Waals surface area contributed by atoms with E-state index in [1.807, 2.05) is 6.07 Å². The van der Waals surface area contributed by atoms with Crippen LogP contribution >= 0.6 is 0 Å². The van der Waals surface area contributed by atoms with Crippen molar-refractivity contribution in [3.63, 3.8) is 0 Å². The van der Waals surface area contributed by atoms with Crippen LogP contribution < -0.4 is 15.0 Å². The van der Waals surface area contributed by atoms with Gasteiger partial charge in [0.25, 0.3) is 0 Å². The first-order valence-electron chi connectivity index (χ1n) is 9.73. The van der Waals surface area contributed by atoms with Crippen LogP contribution in [0.25, 0.3) is 0 Å². The van der Waals surface area contributed by atoms with Gasteiger partial charge in [0.2, 0.25) is 0 Å². The summed E-state index contributed by atoms with van der Waals surface area (Å²) in [4.78, 5) is 16.1. The molecule has 0 amide bonds. The van der Waals surface area contributed by atoms with Crippen molar-refractivity contribution in [3.05, 3.63) is 27.8 Å². The molecule has 142 valence electrons. The number of piperidine rings is 1. The van der Waals surface area contributed by atoms with Crippen LogP contribution in [-0.4, -0.2) is 62.2 Å². The van der Waals surface area contributed by atoms with Crippen LogP contribution in [0.3, 0.4) is 0 Å².